The van der Waals surface area contributed by atoms with Gasteiger partial charge in [0.15, 0.2) is 5.82 Å². The van der Waals surface area contributed by atoms with E-state index in [0.29, 0.717) is 0 Å². The Bertz CT molecular complexity index is 529. The SMILES string of the molecule is C=C/C=C\C(=C/C)NC=Nc1ccc(NC)nc1NC. The second kappa shape index (κ2) is 8.53. The largest absolute Gasteiger partial charge is 0.373 e. The lowest BCUT2D eigenvalue weighted by molar-refractivity contribution is 1.19. The highest BCUT2D eigenvalue weighted by molar-refractivity contribution is 5.71. The highest BCUT2D eigenvalue weighted by Gasteiger charge is 2.01. The maximum atomic E-state index is 4.37. The van der Waals surface area contributed by atoms with E-state index in [2.05, 4.69) is 32.5 Å². The van der Waals surface area contributed by atoms with Crippen molar-refractivity contribution in [2.75, 3.05) is 24.7 Å². The van der Waals surface area contributed by atoms with Crippen LogP contribution >= 0.6 is 0 Å². The predicted molar refractivity (Wildman–Crippen MR) is 87.7 cm³/mol. The zero-order chi connectivity index (χ0) is 14.8. The van der Waals surface area contributed by atoms with Crippen molar-refractivity contribution in [1.82, 2.24) is 10.3 Å². The summed E-state index contributed by atoms with van der Waals surface area (Å²) < 4.78 is 0. The highest BCUT2D eigenvalue weighted by atomic mass is 15.1. The van der Waals surface area contributed by atoms with E-state index in [4.69, 9.17) is 0 Å². The van der Waals surface area contributed by atoms with E-state index in [-0.39, 0.29) is 0 Å². The van der Waals surface area contributed by atoms with Gasteiger partial charge in [0.1, 0.15) is 11.5 Å². The Balaban J connectivity index is 2.79. The first-order valence-corrected chi connectivity index (χ1v) is 6.36. The van der Waals surface area contributed by atoms with Gasteiger partial charge < -0.3 is 16.0 Å². The molecule has 0 saturated carbocycles. The molecular formula is C15H21N5. The number of allylic oxidation sites excluding steroid dienone is 4. The normalized spacial score (nSPS) is 11.8. The van der Waals surface area contributed by atoms with Crippen molar-refractivity contribution in [2.45, 2.75) is 6.92 Å². The zero-order valence-electron chi connectivity index (χ0n) is 12.1. The summed E-state index contributed by atoms with van der Waals surface area (Å²) in [6, 6.07) is 3.78. The maximum absolute atomic E-state index is 4.37. The Kier molecular flexibility index (Phi) is 6.61. The lowest BCUT2D eigenvalue weighted by atomic mass is 10.3. The van der Waals surface area contributed by atoms with Crippen LogP contribution < -0.4 is 16.0 Å². The number of hydrogen-bond donors (Lipinski definition) is 3. The summed E-state index contributed by atoms with van der Waals surface area (Å²) in [5.41, 5.74) is 1.71. The zero-order valence-corrected chi connectivity index (χ0v) is 12.1. The first-order chi connectivity index (χ1) is 9.74. The van der Waals surface area contributed by atoms with Crippen LogP contribution in [0.2, 0.25) is 0 Å². The highest BCUT2D eigenvalue weighted by Crippen LogP contribution is 2.23. The molecule has 0 saturated heterocycles. The van der Waals surface area contributed by atoms with Crippen LogP contribution in [0.25, 0.3) is 0 Å². The molecule has 0 radical (unpaired) electrons. The van der Waals surface area contributed by atoms with Crippen LogP contribution in [0.3, 0.4) is 0 Å². The van der Waals surface area contributed by atoms with Crippen LogP contribution in [0.1, 0.15) is 6.92 Å². The van der Waals surface area contributed by atoms with Crippen LogP contribution in [0, 0.1) is 0 Å². The minimum absolute atomic E-state index is 0.721. The van der Waals surface area contributed by atoms with E-state index in [1.54, 1.807) is 12.4 Å². The smallest absolute Gasteiger partial charge is 0.154 e. The first-order valence-electron chi connectivity index (χ1n) is 6.36. The number of rotatable bonds is 7. The quantitative estimate of drug-likeness (QED) is 0.405. The summed E-state index contributed by atoms with van der Waals surface area (Å²) in [7, 11) is 3.65. The van der Waals surface area contributed by atoms with E-state index >= 15 is 0 Å². The first kappa shape index (κ1) is 15.5. The monoisotopic (exact) mass is 271 g/mol. The standard InChI is InChI=1S/C15H21N5/c1-5-7-8-12(6-2)18-11-19-13-9-10-14(16-3)20-15(13)17-4/h5-11H,1H2,2-4H3,(H,18,19)(H2,16,17,20)/b8-7-,12-6+. The van der Waals surface area contributed by atoms with Gasteiger partial charge in [-0.3, -0.25) is 0 Å². The third-order valence-corrected chi connectivity index (χ3v) is 2.52. The number of aliphatic imine (C=N–C) groups is 1. The molecule has 0 fully saturated rings. The molecular weight excluding hydrogens is 250 g/mol. The fraction of sp³-hybridized carbons (Fsp3) is 0.200. The molecule has 0 bridgehead atoms. The molecule has 1 rings (SSSR count). The van der Waals surface area contributed by atoms with Gasteiger partial charge in [-0.05, 0) is 25.1 Å². The number of nitrogens with zero attached hydrogens (tertiary/aromatic N) is 2. The summed E-state index contributed by atoms with van der Waals surface area (Å²) >= 11 is 0. The Labute approximate surface area is 120 Å². The molecule has 3 N–H and O–H groups in total. The van der Waals surface area contributed by atoms with Crippen molar-refractivity contribution in [3.63, 3.8) is 0 Å². The van der Waals surface area contributed by atoms with Gasteiger partial charge in [0, 0.05) is 19.8 Å². The van der Waals surface area contributed by atoms with Gasteiger partial charge >= 0.3 is 0 Å². The maximum Gasteiger partial charge on any atom is 0.154 e. The Morgan fingerprint density at radius 1 is 1.30 bits per heavy atom. The van der Waals surface area contributed by atoms with Gasteiger partial charge in [-0.2, -0.15) is 0 Å². The Hall–Kier alpha value is -2.56. The van der Waals surface area contributed by atoms with Crippen molar-refractivity contribution in [3.05, 3.63) is 48.7 Å². The number of pyridine rings is 1. The van der Waals surface area contributed by atoms with Crippen molar-refractivity contribution in [3.8, 4) is 0 Å². The van der Waals surface area contributed by atoms with E-state index < -0.39 is 0 Å². The third-order valence-electron chi connectivity index (χ3n) is 2.52. The van der Waals surface area contributed by atoms with Gasteiger partial charge in [0.2, 0.25) is 0 Å². The fourth-order valence-corrected chi connectivity index (χ4v) is 1.45. The van der Waals surface area contributed by atoms with E-state index in [9.17, 15) is 0 Å². The van der Waals surface area contributed by atoms with Crippen molar-refractivity contribution in [2.24, 2.45) is 4.99 Å². The fourth-order valence-electron chi connectivity index (χ4n) is 1.45. The molecule has 0 aliphatic heterocycles. The molecule has 1 aromatic heterocycles. The van der Waals surface area contributed by atoms with Crippen molar-refractivity contribution in [1.29, 1.82) is 0 Å². The van der Waals surface area contributed by atoms with Gasteiger partial charge in [-0.1, -0.05) is 24.8 Å². The van der Waals surface area contributed by atoms with Crippen LogP contribution in [-0.2, 0) is 0 Å². The topological polar surface area (TPSA) is 61.3 Å². The molecule has 0 amide bonds. The van der Waals surface area contributed by atoms with Crippen molar-refractivity contribution < 1.29 is 0 Å². The van der Waals surface area contributed by atoms with Gasteiger partial charge in [-0.15, -0.1) is 0 Å². The molecule has 0 aliphatic rings. The summed E-state index contributed by atoms with van der Waals surface area (Å²) in [4.78, 5) is 8.73. The van der Waals surface area contributed by atoms with Gasteiger partial charge in [0.25, 0.3) is 0 Å². The lowest BCUT2D eigenvalue weighted by Crippen LogP contribution is -2.08. The Morgan fingerprint density at radius 2 is 2.10 bits per heavy atom. The van der Waals surface area contributed by atoms with E-state index in [1.165, 1.54) is 0 Å². The minimum Gasteiger partial charge on any atom is -0.373 e. The third kappa shape index (κ3) is 4.61. The number of hydrogen-bond acceptors (Lipinski definition) is 4. The number of anilines is 2. The van der Waals surface area contributed by atoms with Crippen molar-refractivity contribution >= 4 is 23.7 Å². The van der Waals surface area contributed by atoms with Gasteiger partial charge in [0.05, 0.1) is 6.34 Å². The molecule has 0 unspecified atom stereocenters. The van der Waals surface area contributed by atoms with Gasteiger partial charge in [-0.25, -0.2) is 9.98 Å². The molecule has 0 spiro atoms. The van der Waals surface area contributed by atoms with Crippen LogP contribution in [0.5, 0.6) is 0 Å². The minimum atomic E-state index is 0.721. The summed E-state index contributed by atoms with van der Waals surface area (Å²) in [6.07, 6.45) is 9.09. The second-order valence-electron chi connectivity index (χ2n) is 3.81. The number of aromatic nitrogens is 1. The summed E-state index contributed by atoms with van der Waals surface area (Å²) in [5.74, 6) is 1.52. The van der Waals surface area contributed by atoms with E-state index in [0.717, 1.165) is 23.0 Å². The average Bonchev–Trinajstić information content (AvgIpc) is 2.50. The lowest BCUT2D eigenvalue weighted by Gasteiger charge is -2.06. The van der Waals surface area contributed by atoms with E-state index in [1.807, 2.05) is 51.4 Å². The Morgan fingerprint density at radius 3 is 2.70 bits per heavy atom. The molecule has 5 nitrogen and oxygen atoms in total. The molecule has 0 atom stereocenters. The van der Waals surface area contributed by atoms with Crippen LogP contribution in [0.4, 0.5) is 17.3 Å². The predicted octanol–water partition coefficient (Wildman–Crippen LogP) is 3.06. The molecule has 0 aromatic carbocycles. The molecule has 20 heavy (non-hydrogen) atoms. The second-order valence-corrected chi connectivity index (χ2v) is 3.81. The molecule has 0 aliphatic carbocycles. The molecule has 106 valence electrons. The molecule has 1 heterocycles. The molecule has 1 aromatic rings. The molecule has 5 heteroatoms. The summed E-state index contributed by atoms with van der Waals surface area (Å²) in [5, 5.41) is 9.11. The number of nitrogens with one attached hydrogen (secondary N) is 3. The average molecular weight is 271 g/mol. The van der Waals surface area contributed by atoms with Crippen LogP contribution in [0.15, 0.2) is 53.7 Å². The van der Waals surface area contributed by atoms with Crippen LogP contribution in [-0.4, -0.2) is 25.4 Å². The summed E-state index contributed by atoms with van der Waals surface area (Å²) in [6.45, 7) is 5.59.